The normalized spacial score (nSPS) is 17.1. The van der Waals surface area contributed by atoms with Crippen LogP contribution in [-0.4, -0.2) is 66.4 Å². The first-order valence-corrected chi connectivity index (χ1v) is 8.68. The minimum Gasteiger partial charge on any atom is -0.480 e. The molecule has 0 heterocycles. The van der Waals surface area contributed by atoms with Crippen molar-refractivity contribution in [3.8, 4) is 0 Å². The number of thioether (sulfide) groups is 1. The number of hydrogen-bond acceptors (Lipinski definition) is 4. The highest BCUT2D eigenvalue weighted by atomic mass is 32.2. The third kappa shape index (κ3) is 6.13. The van der Waals surface area contributed by atoms with Crippen molar-refractivity contribution in [3.05, 3.63) is 0 Å². The molecule has 2 N–H and O–H groups in total. The number of carbonyl (C=O) groups excluding carboxylic acids is 1. The number of methoxy groups -OCH3 is 1. The van der Waals surface area contributed by atoms with Gasteiger partial charge in [0, 0.05) is 19.7 Å². The molecule has 0 saturated heterocycles. The summed E-state index contributed by atoms with van der Waals surface area (Å²) in [6.45, 7) is 2.95. The lowest BCUT2D eigenvalue weighted by molar-refractivity contribution is -0.139. The van der Waals surface area contributed by atoms with Crippen molar-refractivity contribution in [2.45, 2.75) is 38.3 Å². The minimum atomic E-state index is -0.983. The summed E-state index contributed by atoms with van der Waals surface area (Å²) in [5.74, 6) is 0.248. The molecule has 1 aliphatic rings. The van der Waals surface area contributed by atoms with E-state index in [1.54, 1.807) is 23.8 Å². The molecule has 1 fully saturated rings. The van der Waals surface area contributed by atoms with Gasteiger partial charge >= 0.3 is 12.0 Å². The Morgan fingerprint density at radius 2 is 2.14 bits per heavy atom. The van der Waals surface area contributed by atoms with Gasteiger partial charge in [0.1, 0.15) is 6.04 Å². The molecule has 2 atom stereocenters. The van der Waals surface area contributed by atoms with Gasteiger partial charge < -0.3 is 20.1 Å². The Labute approximate surface area is 130 Å². The molecule has 0 bridgehead atoms. The number of carboxylic acid groups (broad SMARTS) is 1. The van der Waals surface area contributed by atoms with Crippen LogP contribution in [0.25, 0.3) is 0 Å². The van der Waals surface area contributed by atoms with Crippen molar-refractivity contribution in [3.63, 3.8) is 0 Å². The highest BCUT2D eigenvalue weighted by Crippen LogP contribution is 2.35. The summed E-state index contributed by atoms with van der Waals surface area (Å²) in [6, 6.07) is -1.02. The molecule has 7 heteroatoms. The SMILES string of the molecule is COCCN(C(=O)N[C@H](CCSC)C(=O)O)C(C)C1CC1. The molecular formula is C14H26N2O4S. The monoisotopic (exact) mass is 318 g/mol. The smallest absolute Gasteiger partial charge is 0.326 e. The summed E-state index contributed by atoms with van der Waals surface area (Å²) in [5, 5.41) is 11.8. The van der Waals surface area contributed by atoms with E-state index in [1.807, 2.05) is 13.2 Å². The average Bonchev–Trinajstić information content (AvgIpc) is 3.27. The zero-order valence-electron chi connectivity index (χ0n) is 13.0. The van der Waals surface area contributed by atoms with E-state index in [9.17, 15) is 14.7 Å². The van der Waals surface area contributed by atoms with E-state index in [-0.39, 0.29) is 12.1 Å². The zero-order valence-corrected chi connectivity index (χ0v) is 13.8. The van der Waals surface area contributed by atoms with Crippen LogP contribution in [-0.2, 0) is 9.53 Å². The lowest BCUT2D eigenvalue weighted by Gasteiger charge is -2.30. The van der Waals surface area contributed by atoms with E-state index in [0.717, 1.165) is 12.8 Å². The summed E-state index contributed by atoms with van der Waals surface area (Å²) in [5.41, 5.74) is 0. The topological polar surface area (TPSA) is 78.9 Å². The number of hydrogen-bond donors (Lipinski definition) is 2. The van der Waals surface area contributed by atoms with Crippen molar-refractivity contribution in [2.24, 2.45) is 5.92 Å². The fraction of sp³-hybridized carbons (Fsp3) is 0.857. The van der Waals surface area contributed by atoms with Crippen LogP contribution in [0, 0.1) is 5.92 Å². The average molecular weight is 318 g/mol. The Bertz CT molecular complexity index is 350. The maximum atomic E-state index is 12.4. The number of carboxylic acids is 1. The standard InChI is InChI=1S/C14H26N2O4S/c1-10(11-4-5-11)16(7-8-20-2)14(19)15-12(13(17)18)6-9-21-3/h10-12H,4-9H2,1-3H3,(H,15,19)(H,17,18)/t10?,12-/m1/s1. The second-order valence-corrected chi connectivity index (χ2v) is 6.37. The number of nitrogens with zero attached hydrogens (tertiary/aromatic N) is 1. The van der Waals surface area contributed by atoms with Gasteiger partial charge in [-0.25, -0.2) is 9.59 Å². The molecule has 1 rings (SSSR count). The molecule has 1 unspecified atom stereocenters. The molecule has 2 amide bonds. The van der Waals surface area contributed by atoms with Gasteiger partial charge in [0.05, 0.1) is 6.61 Å². The maximum absolute atomic E-state index is 12.4. The largest absolute Gasteiger partial charge is 0.480 e. The Morgan fingerprint density at radius 3 is 2.62 bits per heavy atom. The Balaban J connectivity index is 2.61. The van der Waals surface area contributed by atoms with Crippen molar-refractivity contribution < 1.29 is 19.4 Å². The highest BCUT2D eigenvalue weighted by molar-refractivity contribution is 7.98. The van der Waals surface area contributed by atoms with Crippen LogP contribution in [0.15, 0.2) is 0 Å². The summed E-state index contributed by atoms with van der Waals surface area (Å²) in [7, 11) is 1.59. The second kappa shape index (κ2) is 9.15. The van der Waals surface area contributed by atoms with Gasteiger partial charge in [-0.05, 0) is 44.1 Å². The lowest BCUT2D eigenvalue weighted by Crippen LogP contribution is -2.52. The summed E-state index contributed by atoms with van der Waals surface area (Å²) < 4.78 is 5.05. The van der Waals surface area contributed by atoms with Gasteiger partial charge in [-0.1, -0.05) is 0 Å². The van der Waals surface area contributed by atoms with E-state index in [2.05, 4.69) is 5.32 Å². The Kier molecular flexibility index (Phi) is 7.88. The fourth-order valence-electron chi connectivity index (χ4n) is 2.24. The van der Waals surface area contributed by atoms with E-state index in [1.165, 1.54) is 0 Å². The molecule has 0 radical (unpaired) electrons. The van der Waals surface area contributed by atoms with Gasteiger partial charge in [0.25, 0.3) is 0 Å². The molecule has 0 aromatic rings. The van der Waals surface area contributed by atoms with Crippen LogP contribution >= 0.6 is 11.8 Å². The van der Waals surface area contributed by atoms with Gasteiger partial charge in [0.2, 0.25) is 0 Å². The van der Waals surface area contributed by atoms with Gasteiger partial charge in [0.15, 0.2) is 0 Å². The Hall–Kier alpha value is -0.950. The first-order valence-electron chi connectivity index (χ1n) is 7.29. The van der Waals surface area contributed by atoms with Crippen molar-refractivity contribution in [1.29, 1.82) is 0 Å². The number of nitrogens with one attached hydrogen (secondary N) is 1. The predicted molar refractivity (Wildman–Crippen MR) is 83.7 cm³/mol. The fourth-order valence-corrected chi connectivity index (χ4v) is 2.71. The van der Waals surface area contributed by atoms with Crippen LogP contribution in [0.4, 0.5) is 4.79 Å². The molecule has 6 nitrogen and oxygen atoms in total. The molecule has 21 heavy (non-hydrogen) atoms. The number of ether oxygens (including phenoxy) is 1. The molecule has 122 valence electrons. The molecule has 1 aliphatic carbocycles. The molecule has 0 aliphatic heterocycles. The molecule has 0 aromatic heterocycles. The summed E-state index contributed by atoms with van der Waals surface area (Å²) >= 11 is 1.57. The van der Waals surface area contributed by atoms with Crippen LogP contribution in [0.5, 0.6) is 0 Å². The van der Waals surface area contributed by atoms with Gasteiger partial charge in [-0.3, -0.25) is 0 Å². The number of urea groups is 1. The van der Waals surface area contributed by atoms with Gasteiger partial charge in [-0.2, -0.15) is 11.8 Å². The molecule has 0 spiro atoms. The van der Waals surface area contributed by atoms with Crippen LogP contribution in [0.1, 0.15) is 26.2 Å². The van der Waals surface area contributed by atoms with E-state index in [4.69, 9.17) is 4.74 Å². The number of rotatable bonds is 10. The van der Waals surface area contributed by atoms with Gasteiger partial charge in [-0.15, -0.1) is 0 Å². The first-order chi connectivity index (χ1) is 10.0. The maximum Gasteiger partial charge on any atom is 0.326 e. The molecular weight excluding hydrogens is 292 g/mol. The van der Waals surface area contributed by atoms with E-state index < -0.39 is 12.0 Å². The van der Waals surface area contributed by atoms with Crippen LogP contribution < -0.4 is 5.32 Å². The van der Waals surface area contributed by atoms with Crippen molar-refractivity contribution >= 4 is 23.8 Å². The highest BCUT2D eigenvalue weighted by Gasteiger charge is 2.35. The molecule has 1 saturated carbocycles. The second-order valence-electron chi connectivity index (χ2n) is 5.39. The molecule has 0 aromatic carbocycles. The number of carbonyl (C=O) groups is 2. The predicted octanol–water partition coefficient (Wildman–Crippen LogP) is 1.65. The van der Waals surface area contributed by atoms with Crippen LogP contribution in [0.2, 0.25) is 0 Å². The van der Waals surface area contributed by atoms with Crippen LogP contribution in [0.3, 0.4) is 0 Å². The zero-order chi connectivity index (χ0) is 15.8. The van der Waals surface area contributed by atoms with Crippen molar-refractivity contribution in [2.75, 3.05) is 32.3 Å². The third-order valence-corrected chi connectivity index (χ3v) is 4.44. The lowest BCUT2D eigenvalue weighted by atomic mass is 10.2. The van der Waals surface area contributed by atoms with E-state index in [0.29, 0.717) is 31.2 Å². The van der Waals surface area contributed by atoms with E-state index >= 15 is 0 Å². The Morgan fingerprint density at radius 1 is 1.48 bits per heavy atom. The first kappa shape index (κ1) is 18.1. The minimum absolute atomic E-state index is 0.121. The summed E-state index contributed by atoms with van der Waals surface area (Å²) in [6.07, 6.45) is 4.61. The quantitative estimate of drug-likeness (QED) is 0.640. The summed E-state index contributed by atoms with van der Waals surface area (Å²) in [4.78, 5) is 25.3. The number of aliphatic carboxylic acids is 1. The third-order valence-electron chi connectivity index (χ3n) is 3.80. The van der Waals surface area contributed by atoms with Crippen molar-refractivity contribution in [1.82, 2.24) is 10.2 Å². The number of amides is 2.